The van der Waals surface area contributed by atoms with Gasteiger partial charge in [-0.25, -0.2) is 4.79 Å². The van der Waals surface area contributed by atoms with Crippen LogP contribution in [-0.2, 0) is 0 Å². The lowest BCUT2D eigenvalue weighted by Crippen LogP contribution is -2.02. The molecule has 0 fully saturated rings. The lowest BCUT2D eigenvalue weighted by Gasteiger charge is -2.05. The Labute approximate surface area is 105 Å². The zero-order valence-corrected chi connectivity index (χ0v) is 10.1. The van der Waals surface area contributed by atoms with Crippen molar-refractivity contribution in [1.29, 1.82) is 0 Å². The number of para-hydroxylation sites is 1. The molecule has 0 saturated carbocycles. The minimum absolute atomic E-state index is 0.121. The fraction of sp³-hybridized carbons (Fsp3) is 0. The largest absolute Gasteiger partial charge is 0.476 e. The molecule has 0 atom stereocenters. The van der Waals surface area contributed by atoms with Crippen molar-refractivity contribution in [2.24, 2.45) is 0 Å². The Morgan fingerprint density at radius 2 is 1.94 bits per heavy atom. The van der Waals surface area contributed by atoms with Crippen LogP contribution < -0.4 is 4.74 Å². The minimum atomic E-state index is -1.12. The zero-order chi connectivity index (χ0) is 12.3. The Balaban J connectivity index is 2.20. The maximum atomic E-state index is 10.6. The predicted molar refractivity (Wildman–Crippen MR) is 63.2 cm³/mol. The van der Waals surface area contributed by atoms with Gasteiger partial charge in [0.1, 0.15) is 5.75 Å². The summed E-state index contributed by atoms with van der Waals surface area (Å²) in [7, 11) is 0. The van der Waals surface area contributed by atoms with Crippen LogP contribution in [0, 0.1) is 0 Å². The zero-order valence-electron chi connectivity index (χ0n) is 8.50. The van der Waals surface area contributed by atoms with E-state index in [1.54, 1.807) is 6.07 Å². The molecule has 0 saturated heterocycles. The quantitative estimate of drug-likeness (QED) is 0.942. The smallest absolute Gasteiger partial charge is 0.356 e. The van der Waals surface area contributed by atoms with Gasteiger partial charge < -0.3 is 9.84 Å². The number of ether oxygens (including phenoxy) is 1. The Morgan fingerprint density at radius 1 is 1.18 bits per heavy atom. The van der Waals surface area contributed by atoms with Crippen LogP contribution in [-0.4, -0.2) is 21.3 Å². The molecule has 1 heterocycles. The number of aromatic carboxylic acids is 1. The molecule has 0 bridgehead atoms. The highest BCUT2D eigenvalue weighted by molar-refractivity contribution is 9.10. The van der Waals surface area contributed by atoms with Gasteiger partial charge in [0.05, 0.1) is 4.47 Å². The number of aromatic nitrogens is 2. The summed E-state index contributed by atoms with van der Waals surface area (Å²) in [6, 6.07) is 10.1. The molecule has 1 N–H and O–H groups in total. The molecule has 0 aliphatic rings. The van der Waals surface area contributed by atoms with Crippen LogP contribution in [0.4, 0.5) is 0 Å². The van der Waals surface area contributed by atoms with Crippen molar-refractivity contribution in [2.75, 3.05) is 0 Å². The van der Waals surface area contributed by atoms with E-state index in [1.165, 1.54) is 12.1 Å². The van der Waals surface area contributed by atoms with Crippen LogP contribution in [0.15, 0.2) is 40.9 Å². The number of carbonyl (C=O) groups is 1. The fourth-order valence-corrected chi connectivity index (χ4v) is 1.49. The Hall–Kier alpha value is -1.95. The molecule has 0 spiro atoms. The molecule has 2 rings (SSSR count). The molecule has 0 aliphatic heterocycles. The first kappa shape index (κ1) is 11.5. The van der Waals surface area contributed by atoms with E-state index in [1.807, 2.05) is 18.2 Å². The summed E-state index contributed by atoms with van der Waals surface area (Å²) in [4.78, 5) is 10.6. The molecule has 17 heavy (non-hydrogen) atoms. The van der Waals surface area contributed by atoms with Crippen LogP contribution >= 0.6 is 15.9 Å². The summed E-state index contributed by atoms with van der Waals surface area (Å²) in [6.07, 6.45) is 0. The van der Waals surface area contributed by atoms with Gasteiger partial charge in [-0.05, 0) is 34.1 Å². The molecule has 0 unspecified atom stereocenters. The van der Waals surface area contributed by atoms with Crippen molar-refractivity contribution in [3.8, 4) is 11.6 Å². The van der Waals surface area contributed by atoms with Crippen molar-refractivity contribution in [3.63, 3.8) is 0 Å². The SMILES string of the molecule is O=C(O)c1ccc(Oc2ccccc2Br)nn1. The second-order valence-electron chi connectivity index (χ2n) is 3.09. The van der Waals surface area contributed by atoms with Gasteiger partial charge >= 0.3 is 5.97 Å². The van der Waals surface area contributed by atoms with Gasteiger partial charge in [0.15, 0.2) is 5.69 Å². The summed E-state index contributed by atoms with van der Waals surface area (Å²) in [5, 5.41) is 15.8. The lowest BCUT2D eigenvalue weighted by atomic mass is 10.3. The third kappa shape index (κ3) is 2.79. The predicted octanol–water partition coefficient (Wildman–Crippen LogP) is 2.73. The second-order valence-corrected chi connectivity index (χ2v) is 3.95. The molecule has 86 valence electrons. The van der Waals surface area contributed by atoms with Crippen molar-refractivity contribution in [2.45, 2.75) is 0 Å². The minimum Gasteiger partial charge on any atom is -0.476 e. The summed E-state index contributed by atoms with van der Waals surface area (Å²) < 4.78 is 6.21. The standard InChI is InChI=1S/C11H7BrN2O3/c12-7-3-1-2-4-9(7)17-10-6-5-8(11(15)16)13-14-10/h1-6H,(H,15,16). The van der Waals surface area contributed by atoms with E-state index in [9.17, 15) is 4.79 Å². The van der Waals surface area contributed by atoms with E-state index < -0.39 is 5.97 Å². The number of benzene rings is 1. The third-order valence-corrected chi connectivity index (χ3v) is 2.57. The fourth-order valence-electron chi connectivity index (χ4n) is 1.13. The maximum absolute atomic E-state index is 10.6. The number of hydrogen-bond donors (Lipinski definition) is 1. The molecular formula is C11H7BrN2O3. The van der Waals surface area contributed by atoms with Gasteiger partial charge in [-0.3, -0.25) is 0 Å². The van der Waals surface area contributed by atoms with Crippen LogP contribution in [0.5, 0.6) is 11.6 Å². The van der Waals surface area contributed by atoms with Crippen LogP contribution in [0.1, 0.15) is 10.5 Å². The van der Waals surface area contributed by atoms with Crippen LogP contribution in [0.2, 0.25) is 0 Å². The molecule has 6 heteroatoms. The van der Waals surface area contributed by atoms with Gasteiger partial charge in [0.2, 0.25) is 5.88 Å². The average molecular weight is 295 g/mol. The second kappa shape index (κ2) is 4.92. The van der Waals surface area contributed by atoms with E-state index in [2.05, 4.69) is 26.1 Å². The number of carboxylic acid groups (broad SMARTS) is 1. The molecule has 0 radical (unpaired) electrons. The topological polar surface area (TPSA) is 72.3 Å². The number of nitrogens with zero attached hydrogens (tertiary/aromatic N) is 2. The first-order chi connectivity index (χ1) is 8.16. The van der Waals surface area contributed by atoms with E-state index in [4.69, 9.17) is 9.84 Å². The van der Waals surface area contributed by atoms with Crippen LogP contribution in [0.3, 0.4) is 0 Å². The first-order valence-electron chi connectivity index (χ1n) is 4.66. The summed E-state index contributed by atoms with van der Waals surface area (Å²) in [6.45, 7) is 0. The van der Waals surface area contributed by atoms with Crippen molar-refractivity contribution in [1.82, 2.24) is 10.2 Å². The van der Waals surface area contributed by atoms with E-state index >= 15 is 0 Å². The normalized spacial score (nSPS) is 9.94. The molecular weight excluding hydrogens is 288 g/mol. The lowest BCUT2D eigenvalue weighted by molar-refractivity contribution is 0.0689. The van der Waals surface area contributed by atoms with Gasteiger partial charge in [-0.1, -0.05) is 12.1 Å². The van der Waals surface area contributed by atoms with Crippen molar-refractivity contribution in [3.05, 3.63) is 46.6 Å². The van der Waals surface area contributed by atoms with Crippen LogP contribution in [0.25, 0.3) is 0 Å². The van der Waals surface area contributed by atoms with E-state index in [0.29, 0.717) is 5.75 Å². The highest BCUT2D eigenvalue weighted by Crippen LogP contribution is 2.27. The molecule has 2 aromatic rings. The van der Waals surface area contributed by atoms with Crippen molar-refractivity contribution >= 4 is 21.9 Å². The molecule has 0 amide bonds. The first-order valence-corrected chi connectivity index (χ1v) is 5.45. The van der Waals surface area contributed by atoms with Crippen molar-refractivity contribution < 1.29 is 14.6 Å². The number of hydrogen-bond acceptors (Lipinski definition) is 4. The summed E-state index contributed by atoms with van der Waals surface area (Å²) in [5.74, 6) is -0.295. The molecule has 1 aromatic carbocycles. The third-order valence-electron chi connectivity index (χ3n) is 1.91. The Morgan fingerprint density at radius 3 is 2.53 bits per heavy atom. The Bertz CT molecular complexity index is 543. The monoisotopic (exact) mass is 294 g/mol. The molecule has 0 aliphatic carbocycles. The highest BCUT2D eigenvalue weighted by Gasteiger charge is 2.07. The van der Waals surface area contributed by atoms with Gasteiger partial charge in [-0.2, -0.15) is 0 Å². The summed E-state index contributed by atoms with van der Waals surface area (Å²) >= 11 is 3.32. The van der Waals surface area contributed by atoms with Gasteiger partial charge in [-0.15, -0.1) is 10.2 Å². The van der Waals surface area contributed by atoms with E-state index in [0.717, 1.165) is 4.47 Å². The van der Waals surface area contributed by atoms with E-state index in [-0.39, 0.29) is 11.6 Å². The van der Waals surface area contributed by atoms with Gasteiger partial charge in [0, 0.05) is 6.07 Å². The average Bonchev–Trinajstić information content (AvgIpc) is 2.33. The highest BCUT2D eigenvalue weighted by atomic mass is 79.9. The number of halogens is 1. The maximum Gasteiger partial charge on any atom is 0.356 e. The number of rotatable bonds is 3. The molecule has 5 nitrogen and oxygen atoms in total. The van der Waals surface area contributed by atoms with Gasteiger partial charge in [0.25, 0.3) is 0 Å². The molecule has 1 aromatic heterocycles. The Kier molecular flexibility index (Phi) is 3.34. The summed E-state index contributed by atoms with van der Waals surface area (Å²) in [5.41, 5.74) is -0.121. The number of carboxylic acids is 1.